The average Bonchev–Trinajstić information content (AvgIpc) is 3.03. The summed E-state index contributed by atoms with van der Waals surface area (Å²) in [5.41, 5.74) is 7.50. The van der Waals surface area contributed by atoms with Crippen molar-refractivity contribution in [1.82, 2.24) is 10.0 Å². The topological polar surface area (TPSA) is 102 Å². The zero-order chi connectivity index (χ0) is 19.2. The van der Waals surface area contributed by atoms with Crippen molar-refractivity contribution < 1.29 is 19.2 Å². The normalized spacial score (nSPS) is 10.6. The Morgan fingerprint density at radius 2 is 2.00 bits per heavy atom. The maximum absolute atomic E-state index is 10.9. The Labute approximate surface area is 157 Å². The molecule has 0 saturated heterocycles. The molecule has 2 amide bonds. The molecule has 0 saturated carbocycles. The van der Waals surface area contributed by atoms with E-state index in [0.717, 1.165) is 17.0 Å². The Hall–Kier alpha value is -3.32. The second-order valence-corrected chi connectivity index (χ2v) is 6.03. The van der Waals surface area contributed by atoms with E-state index in [1.165, 1.54) is 0 Å². The van der Waals surface area contributed by atoms with Crippen molar-refractivity contribution >= 4 is 6.03 Å². The van der Waals surface area contributed by atoms with Crippen LogP contribution in [0.5, 0.6) is 5.75 Å². The standard InChI is InChI=1S/C20H21N3O4/c1-14-18(22-19(27-14)16-7-3-2-4-8-16)10-11-26-17-9-5-6-15(12-17)13-23(25)20(21)24/h2-9,12,25H,10-11,13H2,1H3,(H2,21,24). The summed E-state index contributed by atoms with van der Waals surface area (Å²) in [5.74, 6) is 2.00. The maximum Gasteiger partial charge on any atom is 0.338 e. The highest BCUT2D eigenvalue weighted by Crippen LogP contribution is 2.22. The van der Waals surface area contributed by atoms with E-state index in [0.29, 0.717) is 35.3 Å². The number of aromatic nitrogens is 1. The van der Waals surface area contributed by atoms with Gasteiger partial charge in [-0.05, 0) is 36.8 Å². The Balaban J connectivity index is 1.59. The summed E-state index contributed by atoms with van der Waals surface area (Å²) in [6.45, 7) is 2.30. The second kappa shape index (κ2) is 8.37. The third-order valence-electron chi connectivity index (χ3n) is 4.01. The summed E-state index contributed by atoms with van der Waals surface area (Å²) in [5, 5.41) is 9.87. The van der Waals surface area contributed by atoms with E-state index in [1.54, 1.807) is 24.3 Å². The summed E-state index contributed by atoms with van der Waals surface area (Å²) >= 11 is 0. The molecule has 0 fully saturated rings. The molecule has 1 heterocycles. The molecule has 2 aromatic carbocycles. The number of ether oxygens (including phenoxy) is 1. The van der Waals surface area contributed by atoms with Gasteiger partial charge in [0.25, 0.3) is 0 Å². The maximum atomic E-state index is 10.9. The lowest BCUT2D eigenvalue weighted by molar-refractivity contribution is -0.0470. The summed E-state index contributed by atoms with van der Waals surface area (Å²) in [4.78, 5) is 15.5. The number of amides is 2. The van der Waals surface area contributed by atoms with Gasteiger partial charge in [-0.25, -0.2) is 14.8 Å². The molecule has 3 aromatic rings. The molecule has 0 spiro atoms. The zero-order valence-corrected chi connectivity index (χ0v) is 15.0. The third kappa shape index (κ3) is 4.86. The van der Waals surface area contributed by atoms with E-state index in [4.69, 9.17) is 14.9 Å². The highest BCUT2D eigenvalue weighted by Gasteiger charge is 2.11. The molecule has 3 N–H and O–H groups in total. The van der Waals surface area contributed by atoms with Gasteiger partial charge >= 0.3 is 6.03 Å². The molecule has 140 valence electrons. The van der Waals surface area contributed by atoms with Crippen LogP contribution in [0.25, 0.3) is 11.5 Å². The van der Waals surface area contributed by atoms with Gasteiger partial charge < -0.3 is 14.9 Å². The minimum absolute atomic E-state index is 0.00460. The van der Waals surface area contributed by atoms with Gasteiger partial charge in [0.2, 0.25) is 5.89 Å². The molecular weight excluding hydrogens is 346 g/mol. The largest absolute Gasteiger partial charge is 0.493 e. The van der Waals surface area contributed by atoms with E-state index in [-0.39, 0.29) is 6.54 Å². The Kier molecular flexibility index (Phi) is 5.73. The van der Waals surface area contributed by atoms with Crippen molar-refractivity contribution in [2.45, 2.75) is 19.9 Å². The predicted molar refractivity (Wildman–Crippen MR) is 99.2 cm³/mol. The van der Waals surface area contributed by atoms with Crippen LogP contribution >= 0.6 is 0 Å². The number of benzene rings is 2. The van der Waals surface area contributed by atoms with Crippen LogP contribution in [0.1, 0.15) is 17.0 Å². The molecule has 0 aliphatic rings. The first-order valence-corrected chi connectivity index (χ1v) is 8.52. The number of nitrogens with zero attached hydrogens (tertiary/aromatic N) is 2. The number of carbonyl (C=O) groups excluding carboxylic acids is 1. The lowest BCUT2D eigenvalue weighted by atomic mass is 10.2. The van der Waals surface area contributed by atoms with Crippen molar-refractivity contribution in [3.8, 4) is 17.2 Å². The Morgan fingerprint density at radius 3 is 2.74 bits per heavy atom. The van der Waals surface area contributed by atoms with Gasteiger partial charge in [0.1, 0.15) is 11.5 Å². The molecule has 0 unspecified atom stereocenters. The van der Waals surface area contributed by atoms with Gasteiger partial charge in [-0.3, -0.25) is 5.21 Å². The minimum Gasteiger partial charge on any atom is -0.493 e. The van der Waals surface area contributed by atoms with Crippen molar-refractivity contribution in [3.05, 3.63) is 71.6 Å². The van der Waals surface area contributed by atoms with Crippen LogP contribution in [0, 0.1) is 6.92 Å². The second-order valence-electron chi connectivity index (χ2n) is 6.03. The number of oxazole rings is 1. The number of carbonyl (C=O) groups is 1. The highest BCUT2D eigenvalue weighted by molar-refractivity contribution is 5.70. The molecule has 7 nitrogen and oxygen atoms in total. The summed E-state index contributed by atoms with van der Waals surface area (Å²) in [6, 6.07) is 15.9. The Bertz CT molecular complexity index is 909. The first-order chi connectivity index (χ1) is 13.0. The molecule has 1 aromatic heterocycles. The highest BCUT2D eigenvalue weighted by atomic mass is 16.5. The van der Waals surface area contributed by atoms with Crippen molar-refractivity contribution in [2.24, 2.45) is 5.73 Å². The van der Waals surface area contributed by atoms with Gasteiger partial charge in [-0.15, -0.1) is 0 Å². The Morgan fingerprint density at radius 1 is 1.22 bits per heavy atom. The van der Waals surface area contributed by atoms with Crippen LogP contribution in [0.15, 0.2) is 59.0 Å². The van der Waals surface area contributed by atoms with E-state index in [9.17, 15) is 10.0 Å². The first-order valence-electron chi connectivity index (χ1n) is 8.52. The number of urea groups is 1. The van der Waals surface area contributed by atoms with Gasteiger partial charge in [0.05, 0.1) is 18.8 Å². The predicted octanol–water partition coefficient (Wildman–Crippen LogP) is 3.54. The molecule has 0 atom stereocenters. The third-order valence-corrected chi connectivity index (χ3v) is 4.01. The van der Waals surface area contributed by atoms with Crippen molar-refractivity contribution in [3.63, 3.8) is 0 Å². The van der Waals surface area contributed by atoms with Crippen LogP contribution in [-0.2, 0) is 13.0 Å². The fourth-order valence-corrected chi connectivity index (χ4v) is 2.61. The number of aryl methyl sites for hydroxylation is 1. The number of hydroxylamine groups is 2. The molecular formula is C20H21N3O4. The van der Waals surface area contributed by atoms with Crippen LogP contribution < -0.4 is 10.5 Å². The fourth-order valence-electron chi connectivity index (χ4n) is 2.61. The molecule has 7 heteroatoms. The SMILES string of the molecule is Cc1oc(-c2ccccc2)nc1CCOc1cccc(CN(O)C(N)=O)c1. The monoisotopic (exact) mass is 367 g/mol. The summed E-state index contributed by atoms with van der Waals surface area (Å²) in [7, 11) is 0. The van der Waals surface area contributed by atoms with Gasteiger partial charge in [-0.1, -0.05) is 30.3 Å². The van der Waals surface area contributed by atoms with E-state index in [2.05, 4.69) is 4.98 Å². The average molecular weight is 367 g/mol. The number of primary amides is 1. The van der Waals surface area contributed by atoms with Gasteiger partial charge in [-0.2, -0.15) is 0 Å². The fraction of sp³-hybridized carbons (Fsp3) is 0.200. The van der Waals surface area contributed by atoms with Crippen molar-refractivity contribution in [2.75, 3.05) is 6.61 Å². The first kappa shape index (κ1) is 18.5. The van der Waals surface area contributed by atoms with E-state index in [1.807, 2.05) is 37.3 Å². The van der Waals surface area contributed by atoms with Crippen LogP contribution in [0.4, 0.5) is 4.79 Å². The number of hydrogen-bond acceptors (Lipinski definition) is 5. The number of nitrogens with two attached hydrogens (primary N) is 1. The minimum atomic E-state index is -0.906. The quantitative estimate of drug-likeness (QED) is 0.491. The van der Waals surface area contributed by atoms with Gasteiger partial charge in [0, 0.05) is 12.0 Å². The van der Waals surface area contributed by atoms with Crippen LogP contribution in [-0.4, -0.2) is 27.9 Å². The molecule has 0 aliphatic carbocycles. The van der Waals surface area contributed by atoms with Gasteiger partial charge in [0.15, 0.2) is 0 Å². The van der Waals surface area contributed by atoms with Crippen LogP contribution in [0.3, 0.4) is 0 Å². The molecule has 3 rings (SSSR count). The summed E-state index contributed by atoms with van der Waals surface area (Å²) < 4.78 is 11.5. The summed E-state index contributed by atoms with van der Waals surface area (Å²) in [6.07, 6.45) is 0.597. The number of rotatable bonds is 7. The zero-order valence-electron chi connectivity index (χ0n) is 15.0. The number of hydrogen-bond donors (Lipinski definition) is 2. The smallest absolute Gasteiger partial charge is 0.338 e. The van der Waals surface area contributed by atoms with Crippen LogP contribution in [0.2, 0.25) is 0 Å². The molecule has 0 bridgehead atoms. The molecule has 0 aliphatic heterocycles. The van der Waals surface area contributed by atoms with E-state index < -0.39 is 6.03 Å². The van der Waals surface area contributed by atoms with E-state index >= 15 is 0 Å². The lowest BCUT2D eigenvalue weighted by Gasteiger charge is -2.13. The van der Waals surface area contributed by atoms with Crippen molar-refractivity contribution in [1.29, 1.82) is 0 Å². The molecule has 27 heavy (non-hydrogen) atoms. The lowest BCUT2D eigenvalue weighted by Crippen LogP contribution is -2.31. The molecule has 0 radical (unpaired) electrons.